The summed E-state index contributed by atoms with van der Waals surface area (Å²) in [6, 6.07) is 17.3. The number of rotatable bonds is 8. The predicted molar refractivity (Wildman–Crippen MR) is 112 cm³/mol. The quantitative estimate of drug-likeness (QED) is 0.626. The molecule has 2 aromatic carbocycles. The first-order valence-corrected chi connectivity index (χ1v) is 10.1. The Hall–Kier alpha value is -2.66. The van der Waals surface area contributed by atoms with Crippen molar-refractivity contribution in [2.45, 2.75) is 31.8 Å². The van der Waals surface area contributed by atoms with Crippen LogP contribution < -0.4 is 4.74 Å². The Kier molecular flexibility index (Phi) is 7.42. The number of likely N-dealkylation sites (tertiary alicyclic amines) is 1. The number of Topliss-reactive ketones (excluding diaryl/α,β-unsaturated/α-hetero) is 1. The van der Waals surface area contributed by atoms with Gasteiger partial charge in [0.2, 0.25) is 5.91 Å². The Morgan fingerprint density at radius 3 is 2.38 bits per heavy atom. The van der Waals surface area contributed by atoms with E-state index in [2.05, 4.69) is 12.1 Å². The van der Waals surface area contributed by atoms with Crippen molar-refractivity contribution in [2.24, 2.45) is 5.92 Å². The van der Waals surface area contributed by atoms with E-state index in [9.17, 15) is 9.59 Å². The average molecular weight is 395 g/mol. The van der Waals surface area contributed by atoms with E-state index in [1.165, 1.54) is 5.56 Å². The molecule has 154 valence electrons. The van der Waals surface area contributed by atoms with Crippen LogP contribution >= 0.6 is 0 Å². The Labute approximate surface area is 172 Å². The number of ether oxygens (including phenoxy) is 2. The summed E-state index contributed by atoms with van der Waals surface area (Å²) in [5, 5.41) is 0. The largest absolute Gasteiger partial charge is 0.497 e. The van der Waals surface area contributed by atoms with Gasteiger partial charge in [-0.2, -0.15) is 0 Å². The summed E-state index contributed by atoms with van der Waals surface area (Å²) in [6.07, 6.45) is 2.33. The molecule has 0 spiro atoms. The zero-order chi connectivity index (χ0) is 20.6. The van der Waals surface area contributed by atoms with Gasteiger partial charge in [-0.05, 0) is 36.5 Å². The minimum absolute atomic E-state index is 0.0318. The van der Waals surface area contributed by atoms with E-state index in [4.69, 9.17) is 9.47 Å². The molecular weight excluding hydrogens is 366 g/mol. The molecule has 0 N–H and O–H groups in total. The highest BCUT2D eigenvalue weighted by molar-refractivity contribution is 5.98. The third-order valence-electron chi connectivity index (χ3n) is 5.66. The monoisotopic (exact) mass is 395 g/mol. The minimum atomic E-state index is -0.0318. The lowest BCUT2D eigenvalue weighted by Crippen LogP contribution is -2.40. The number of hydrogen-bond donors (Lipinski definition) is 0. The zero-order valence-corrected chi connectivity index (χ0v) is 17.2. The van der Waals surface area contributed by atoms with Crippen molar-refractivity contribution in [3.63, 3.8) is 0 Å². The van der Waals surface area contributed by atoms with Crippen LogP contribution in [0.5, 0.6) is 5.75 Å². The predicted octanol–water partition coefficient (Wildman–Crippen LogP) is 4.28. The molecule has 1 heterocycles. The van der Waals surface area contributed by atoms with Crippen LogP contribution in [0.3, 0.4) is 0 Å². The first-order valence-electron chi connectivity index (χ1n) is 10.1. The number of hydrogen-bond acceptors (Lipinski definition) is 4. The zero-order valence-electron chi connectivity index (χ0n) is 17.2. The fraction of sp³-hybridized carbons (Fsp3) is 0.417. The molecule has 1 amide bonds. The van der Waals surface area contributed by atoms with Crippen molar-refractivity contribution in [1.82, 2.24) is 4.90 Å². The van der Waals surface area contributed by atoms with Crippen LogP contribution in [0.25, 0.3) is 0 Å². The lowest BCUT2D eigenvalue weighted by Gasteiger charge is -2.35. The SMILES string of the molecule is COc1cccc(C(=O)CCC(=O)N2CCC(C(OC)c3ccccc3)CC2)c1. The summed E-state index contributed by atoms with van der Waals surface area (Å²) < 4.78 is 10.9. The minimum Gasteiger partial charge on any atom is -0.497 e. The number of carbonyl (C=O) groups excluding carboxylic acids is 2. The number of nitrogens with zero attached hydrogens (tertiary/aromatic N) is 1. The summed E-state index contributed by atoms with van der Waals surface area (Å²) in [5.74, 6) is 1.06. The van der Waals surface area contributed by atoms with Gasteiger partial charge in [0.1, 0.15) is 5.75 Å². The molecule has 2 aromatic rings. The van der Waals surface area contributed by atoms with E-state index in [1.807, 2.05) is 23.1 Å². The maximum Gasteiger partial charge on any atom is 0.223 e. The second-order valence-electron chi connectivity index (χ2n) is 7.44. The van der Waals surface area contributed by atoms with Gasteiger partial charge in [0, 0.05) is 38.6 Å². The topological polar surface area (TPSA) is 55.8 Å². The van der Waals surface area contributed by atoms with Crippen LogP contribution in [0.2, 0.25) is 0 Å². The lowest BCUT2D eigenvalue weighted by molar-refractivity contribution is -0.133. The van der Waals surface area contributed by atoms with Crippen molar-refractivity contribution in [2.75, 3.05) is 27.3 Å². The van der Waals surface area contributed by atoms with Gasteiger partial charge in [-0.25, -0.2) is 0 Å². The molecule has 1 unspecified atom stereocenters. The number of carbonyl (C=O) groups is 2. The van der Waals surface area contributed by atoms with Gasteiger partial charge in [-0.3, -0.25) is 9.59 Å². The second kappa shape index (κ2) is 10.2. The van der Waals surface area contributed by atoms with Crippen LogP contribution in [0.15, 0.2) is 54.6 Å². The highest BCUT2D eigenvalue weighted by atomic mass is 16.5. The van der Waals surface area contributed by atoms with Crippen LogP contribution in [0, 0.1) is 5.92 Å². The third kappa shape index (κ3) is 5.45. The van der Waals surface area contributed by atoms with Gasteiger partial charge in [0.25, 0.3) is 0 Å². The van der Waals surface area contributed by atoms with Gasteiger partial charge < -0.3 is 14.4 Å². The van der Waals surface area contributed by atoms with Gasteiger partial charge in [0.15, 0.2) is 5.78 Å². The Morgan fingerprint density at radius 2 is 1.72 bits per heavy atom. The normalized spacial score (nSPS) is 15.7. The van der Waals surface area contributed by atoms with E-state index in [-0.39, 0.29) is 30.6 Å². The number of methoxy groups -OCH3 is 2. The fourth-order valence-electron chi connectivity index (χ4n) is 4.01. The summed E-state index contributed by atoms with van der Waals surface area (Å²) in [4.78, 5) is 26.9. The van der Waals surface area contributed by atoms with E-state index >= 15 is 0 Å². The summed E-state index contributed by atoms with van der Waals surface area (Å²) >= 11 is 0. The van der Waals surface area contributed by atoms with Gasteiger partial charge in [-0.15, -0.1) is 0 Å². The maximum absolute atomic E-state index is 12.6. The van der Waals surface area contributed by atoms with E-state index < -0.39 is 0 Å². The molecule has 1 aliphatic heterocycles. The molecule has 5 heteroatoms. The molecule has 3 rings (SSSR count). The second-order valence-corrected chi connectivity index (χ2v) is 7.44. The van der Waals surface area contributed by atoms with Crippen molar-refractivity contribution in [3.8, 4) is 5.75 Å². The molecule has 5 nitrogen and oxygen atoms in total. The fourth-order valence-corrected chi connectivity index (χ4v) is 4.01. The molecule has 1 aliphatic rings. The summed E-state index contributed by atoms with van der Waals surface area (Å²) in [6.45, 7) is 1.42. The van der Waals surface area contributed by atoms with E-state index in [0.717, 1.165) is 12.8 Å². The molecule has 29 heavy (non-hydrogen) atoms. The molecule has 1 atom stereocenters. The molecular formula is C24H29NO4. The first-order chi connectivity index (χ1) is 14.1. The van der Waals surface area contributed by atoms with Crippen molar-refractivity contribution < 1.29 is 19.1 Å². The van der Waals surface area contributed by atoms with E-state index in [1.54, 1.807) is 38.5 Å². The van der Waals surface area contributed by atoms with Crippen LogP contribution in [0.4, 0.5) is 0 Å². The standard InChI is InChI=1S/C24H29NO4/c1-28-21-10-6-9-20(17-21)22(26)11-12-23(27)25-15-13-19(14-16-25)24(29-2)18-7-4-3-5-8-18/h3-10,17,19,24H,11-16H2,1-2H3. The molecule has 1 saturated heterocycles. The van der Waals surface area contributed by atoms with E-state index in [0.29, 0.717) is 30.3 Å². The van der Waals surface area contributed by atoms with Gasteiger partial charge >= 0.3 is 0 Å². The number of ketones is 1. The summed E-state index contributed by atoms with van der Waals surface area (Å²) in [7, 11) is 3.32. The molecule has 0 aliphatic carbocycles. The molecule has 0 radical (unpaired) electrons. The number of benzene rings is 2. The third-order valence-corrected chi connectivity index (χ3v) is 5.66. The van der Waals surface area contributed by atoms with Gasteiger partial charge in [0.05, 0.1) is 13.2 Å². The first kappa shape index (κ1) is 21.1. The highest BCUT2D eigenvalue weighted by Gasteiger charge is 2.29. The highest BCUT2D eigenvalue weighted by Crippen LogP contribution is 2.33. The lowest BCUT2D eigenvalue weighted by atomic mass is 9.87. The number of amides is 1. The van der Waals surface area contributed by atoms with Crippen LogP contribution in [-0.2, 0) is 9.53 Å². The maximum atomic E-state index is 12.6. The van der Waals surface area contributed by atoms with Crippen molar-refractivity contribution >= 4 is 11.7 Å². The molecule has 0 saturated carbocycles. The van der Waals surface area contributed by atoms with Crippen LogP contribution in [-0.4, -0.2) is 43.9 Å². The van der Waals surface area contributed by atoms with Crippen molar-refractivity contribution in [1.29, 1.82) is 0 Å². The number of piperidine rings is 1. The average Bonchev–Trinajstić information content (AvgIpc) is 2.79. The smallest absolute Gasteiger partial charge is 0.223 e. The Morgan fingerprint density at radius 1 is 1.00 bits per heavy atom. The summed E-state index contributed by atoms with van der Waals surface area (Å²) in [5.41, 5.74) is 1.77. The Balaban J connectivity index is 1.49. The van der Waals surface area contributed by atoms with Crippen molar-refractivity contribution in [3.05, 3.63) is 65.7 Å². The van der Waals surface area contributed by atoms with Crippen LogP contribution in [0.1, 0.15) is 47.7 Å². The Bertz CT molecular complexity index is 813. The molecule has 0 aromatic heterocycles. The molecule has 1 fully saturated rings. The molecule has 0 bridgehead atoms. The van der Waals surface area contributed by atoms with Gasteiger partial charge in [-0.1, -0.05) is 42.5 Å².